The number of hydrogen-bond donors (Lipinski definition) is 2. The fourth-order valence-electron chi connectivity index (χ4n) is 2.07. The highest BCUT2D eigenvalue weighted by Gasteiger charge is 2.36. The molecule has 18 heavy (non-hydrogen) atoms. The summed E-state index contributed by atoms with van der Waals surface area (Å²) in [5, 5.41) is 18.0. The molecule has 2 atom stereocenters. The summed E-state index contributed by atoms with van der Waals surface area (Å²) < 4.78 is 18.3. The van der Waals surface area contributed by atoms with E-state index < -0.39 is 12.1 Å². The molecule has 0 radical (unpaired) electrons. The zero-order chi connectivity index (χ0) is 13.1. The number of aliphatic hydroxyl groups is 1. The molecule has 0 spiro atoms. The third-order valence-corrected chi connectivity index (χ3v) is 2.95. The highest BCUT2D eigenvalue weighted by molar-refractivity contribution is 5.66. The number of benzene rings is 1. The SMILES string of the molecule is O=C(O)N1CC(Oc2ccc(F)cc2)CC1CO. The van der Waals surface area contributed by atoms with Gasteiger partial charge in [-0.3, -0.25) is 4.90 Å². The summed E-state index contributed by atoms with van der Waals surface area (Å²) in [6.07, 6.45) is -0.955. The number of ether oxygens (including phenoxy) is 1. The molecule has 0 aromatic heterocycles. The second-order valence-corrected chi connectivity index (χ2v) is 4.20. The highest BCUT2D eigenvalue weighted by atomic mass is 19.1. The number of hydrogen-bond acceptors (Lipinski definition) is 3. The predicted molar refractivity (Wildman–Crippen MR) is 61.0 cm³/mol. The number of carbonyl (C=O) groups is 1. The van der Waals surface area contributed by atoms with Gasteiger partial charge in [-0.1, -0.05) is 0 Å². The summed E-state index contributed by atoms with van der Waals surface area (Å²) in [6.45, 7) is -0.0203. The third kappa shape index (κ3) is 2.70. The van der Waals surface area contributed by atoms with Gasteiger partial charge in [-0.25, -0.2) is 9.18 Å². The third-order valence-electron chi connectivity index (χ3n) is 2.95. The number of aliphatic hydroxyl groups excluding tert-OH is 1. The van der Waals surface area contributed by atoms with E-state index in [1.54, 1.807) is 0 Å². The zero-order valence-electron chi connectivity index (χ0n) is 9.62. The molecule has 6 heteroatoms. The average Bonchev–Trinajstić information content (AvgIpc) is 2.75. The van der Waals surface area contributed by atoms with Crippen molar-refractivity contribution >= 4 is 6.09 Å². The molecule has 1 fully saturated rings. The second kappa shape index (κ2) is 5.22. The van der Waals surface area contributed by atoms with Gasteiger partial charge in [0.05, 0.1) is 19.2 Å². The molecular formula is C12H14FNO4. The van der Waals surface area contributed by atoms with E-state index in [1.807, 2.05) is 0 Å². The summed E-state index contributed by atoms with van der Waals surface area (Å²) in [4.78, 5) is 12.1. The van der Waals surface area contributed by atoms with E-state index in [-0.39, 0.29) is 25.1 Å². The number of nitrogens with zero attached hydrogens (tertiary/aromatic N) is 1. The van der Waals surface area contributed by atoms with Crippen LogP contribution in [0, 0.1) is 5.82 Å². The Morgan fingerprint density at radius 2 is 2.11 bits per heavy atom. The molecule has 0 bridgehead atoms. The topological polar surface area (TPSA) is 70.0 Å². The van der Waals surface area contributed by atoms with Crippen molar-refractivity contribution in [3.8, 4) is 5.75 Å². The van der Waals surface area contributed by atoms with Crippen LogP contribution in [0.3, 0.4) is 0 Å². The lowest BCUT2D eigenvalue weighted by atomic mass is 10.2. The van der Waals surface area contributed by atoms with Crippen LogP contribution in [0.1, 0.15) is 6.42 Å². The van der Waals surface area contributed by atoms with E-state index in [2.05, 4.69) is 0 Å². The van der Waals surface area contributed by atoms with Crippen molar-refractivity contribution in [1.29, 1.82) is 0 Å². The van der Waals surface area contributed by atoms with E-state index >= 15 is 0 Å². The molecule has 1 aliphatic rings. The Morgan fingerprint density at radius 3 is 2.61 bits per heavy atom. The monoisotopic (exact) mass is 255 g/mol. The smallest absolute Gasteiger partial charge is 0.407 e. The van der Waals surface area contributed by atoms with Crippen molar-refractivity contribution in [2.75, 3.05) is 13.2 Å². The van der Waals surface area contributed by atoms with E-state index in [1.165, 1.54) is 24.3 Å². The number of amides is 1. The van der Waals surface area contributed by atoms with Gasteiger partial charge >= 0.3 is 6.09 Å². The summed E-state index contributed by atoms with van der Waals surface area (Å²) >= 11 is 0. The lowest BCUT2D eigenvalue weighted by Crippen LogP contribution is -2.36. The summed E-state index contributed by atoms with van der Waals surface area (Å²) in [7, 11) is 0. The van der Waals surface area contributed by atoms with Crippen molar-refractivity contribution in [3.63, 3.8) is 0 Å². The Kier molecular flexibility index (Phi) is 3.66. The van der Waals surface area contributed by atoms with Crippen LogP contribution in [0.15, 0.2) is 24.3 Å². The Hall–Kier alpha value is -1.82. The first-order valence-corrected chi connectivity index (χ1v) is 5.63. The molecule has 1 heterocycles. The molecule has 1 saturated heterocycles. The van der Waals surface area contributed by atoms with Crippen molar-refractivity contribution in [1.82, 2.24) is 4.90 Å². The Labute approximate surface area is 103 Å². The van der Waals surface area contributed by atoms with Crippen LogP contribution in [-0.2, 0) is 0 Å². The van der Waals surface area contributed by atoms with Crippen LogP contribution >= 0.6 is 0 Å². The average molecular weight is 255 g/mol. The largest absolute Gasteiger partial charge is 0.489 e. The van der Waals surface area contributed by atoms with Gasteiger partial charge in [-0.2, -0.15) is 0 Å². The van der Waals surface area contributed by atoms with Crippen molar-refractivity contribution in [3.05, 3.63) is 30.1 Å². The van der Waals surface area contributed by atoms with Gasteiger partial charge in [0.25, 0.3) is 0 Å². The van der Waals surface area contributed by atoms with Crippen LogP contribution in [0.2, 0.25) is 0 Å². The number of likely N-dealkylation sites (tertiary alicyclic amines) is 1. The fourth-order valence-corrected chi connectivity index (χ4v) is 2.07. The van der Waals surface area contributed by atoms with Crippen LogP contribution in [0.5, 0.6) is 5.75 Å². The Morgan fingerprint density at radius 1 is 1.44 bits per heavy atom. The predicted octanol–water partition coefficient (Wildman–Crippen LogP) is 1.32. The maximum atomic E-state index is 12.7. The van der Waals surface area contributed by atoms with E-state index in [4.69, 9.17) is 14.9 Å². The molecule has 1 amide bonds. The minimum atomic E-state index is -1.07. The molecule has 2 rings (SSSR count). The molecule has 1 aliphatic heterocycles. The van der Waals surface area contributed by atoms with Gasteiger partial charge in [-0.15, -0.1) is 0 Å². The molecule has 1 aromatic rings. The lowest BCUT2D eigenvalue weighted by Gasteiger charge is -2.18. The van der Waals surface area contributed by atoms with Crippen molar-refractivity contribution in [2.45, 2.75) is 18.6 Å². The summed E-state index contributed by atoms with van der Waals surface area (Å²) in [5.74, 6) is 0.138. The molecule has 0 aliphatic carbocycles. The molecule has 0 saturated carbocycles. The van der Waals surface area contributed by atoms with Gasteiger partial charge < -0.3 is 14.9 Å². The van der Waals surface area contributed by atoms with Gasteiger partial charge in [0.1, 0.15) is 17.7 Å². The maximum absolute atomic E-state index is 12.7. The molecule has 2 N–H and O–H groups in total. The minimum absolute atomic E-state index is 0.206. The van der Waals surface area contributed by atoms with Gasteiger partial charge in [0, 0.05) is 6.42 Å². The van der Waals surface area contributed by atoms with Gasteiger partial charge in [0.15, 0.2) is 0 Å². The normalized spacial score (nSPS) is 23.1. The first-order valence-electron chi connectivity index (χ1n) is 5.63. The zero-order valence-corrected chi connectivity index (χ0v) is 9.62. The van der Waals surface area contributed by atoms with Crippen LogP contribution in [0.25, 0.3) is 0 Å². The van der Waals surface area contributed by atoms with E-state index in [0.717, 1.165) is 4.90 Å². The van der Waals surface area contributed by atoms with Gasteiger partial charge in [-0.05, 0) is 24.3 Å². The highest BCUT2D eigenvalue weighted by Crippen LogP contribution is 2.23. The van der Waals surface area contributed by atoms with E-state index in [9.17, 15) is 9.18 Å². The number of halogens is 1. The number of rotatable bonds is 3. The van der Waals surface area contributed by atoms with Crippen LogP contribution in [0.4, 0.5) is 9.18 Å². The fraction of sp³-hybridized carbons (Fsp3) is 0.417. The molecule has 5 nitrogen and oxygen atoms in total. The Bertz CT molecular complexity index is 423. The molecule has 1 aromatic carbocycles. The van der Waals surface area contributed by atoms with Crippen LogP contribution in [-0.4, -0.2) is 46.5 Å². The van der Waals surface area contributed by atoms with Gasteiger partial charge in [0.2, 0.25) is 0 Å². The Balaban J connectivity index is 1.99. The number of carboxylic acid groups (broad SMARTS) is 1. The van der Waals surface area contributed by atoms with Crippen LogP contribution < -0.4 is 4.74 Å². The maximum Gasteiger partial charge on any atom is 0.407 e. The standard InChI is InChI=1S/C12H14FNO4/c13-8-1-3-10(4-2-8)18-11-5-9(7-15)14(6-11)12(16)17/h1-4,9,11,15H,5-7H2,(H,16,17). The summed E-state index contributed by atoms with van der Waals surface area (Å²) in [5.41, 5.74) is 0. The first kappa shape index (κ1) is 12.6. The minimum Gasteiger partial charge on any atom is -0.489 e. The van der Waals surface area contributed by atoms with Crippen molar-refractivity contribution in [2.24, 2.45) is 0 Å². The first-order chi connectivity index (χ1) is 8.60. The molecule has 98 valence electrons. The van der Waals surface area contributed by atoms with Crippen molar-refractivity contribution < 1.29 is 24.1 Å². The molecule has 2 unspecified atom stereocenters. The van der Waals surface area contributed by atoms with E-state index in [0.29, 0.717) is 12.2 Å². The lowest BCUT2D eigenvalue weighted by molar-refractivity contribution is 0.116. The summed E-state index contributed by atoms with van der Waals surface area (Å²) in [6, 6.07) is 5.11. The quantitative estimate of drug-likeness (QED) is 0.854. The molecular weight excluding hydrogens is 241 g/mol. The second-order valence-electron chi connectivity index (χ2n) is 4.20.